The van der Waals surface area contributed by atoms with Crippen molar-refractivity contribution < 1.29 is 8.42 Å². The van der Waals surface area contributed by atoms with Gasteiger partial charge in [-0.25, -0.2) is 8.42 Å². The van der Waals surface area contributed by atoms with Gasteiger partial charge in [0.2, 0.25) is 0 Å². The van der Waals surface area contributed by atoms with Gasteiger partial charge in [-0.3, -0.25) is 14.8 Å². The zero-order valence-corrected chi connectivity index (χ0v) is 12.5. The number of H-pyrrole nitrogens is 1. The minimum atomic E-state index is -3.84. The molecule has 0 atom stereocenters. The summed E-state index contributed by atoms with van der Waals surface area (Å²) in [5.74, 6) is 0. The molecule has 20 heavy (non-hydrogen) atoms. The Balaban J connectivity index is 2.49. The first-order valence-corrected chi connectivity index (χ1v) is 7.51. The van der Waals surface area contributed by atoms with E-state index in [9.17, 15) is 8.42 Å². The van der Waals surface area contributed by atoms with Crippen LogP contribution in [0, 0.1) is 13.8 Å². The number of nitrogens with zero attached hydrogens (tertiary/aromatic N) is 2. The highest BCUT2D eigenvalue weighted by Crippen LogP contribution is 2.22. The fraction of sp³-hybridized carbons (Fsp3) is 0.182. The van der Waals surface area contributed by atoms with Gasteiger partial charge in [-0.2, -0.15) is 5.10 Å². The van der Waals surface area contributed by atoms with E-state index < -0.39 is 10.0 Å². The van der Waals surface area contributed by atoms with Crippen molar-refractivity contribution >= 4 is 32.9 Å². The number of aromatic amines is 1. The highest BCUT2D eigenvalue weighted by Gasteiger charge is 2.22. The Morgan fingerprint density at radius 2 is 2.15 bits per heavy atom. The molecular weight excluding hydrogens is 298 g/mol. The molecule has 0 saturated heterocycles. The van der Waals surface area contributed by atoms with Gasteiger partial charge in [0.05, 0.1) is 17.1 Å². The second kappa shape index (κ2) is 5.17. The zero-order valence-electron chi connectivity index (χ0n) is 10.8. The van der Waals surface area contributed by atoms with E-state index >= 15 is 0 Å². The lowest BCUT2D eigenvalue weighted by Crippen LogP contribution is -2.21. The Hall–Kier alpha value is -2.00. The molecule has 0 bridgehead atoms. The maximum absolute atomic E-state index is 12.4. The van der Waals surface area contributed by atoms with Crippen LogP contribution in [0.5, 0.6) is 0 Å². The quantitative estimate of drug-likeness (QED) is 0.722. The molecule has 0 saturated carbocycles. The Labute approximate surface area is 121 Å². The van der Waals surface area contributed by atoms with Gasteiger partial charge in [0, 0.05) is 6.20 Å². The van der Waals surface area contributed by atoms with Crippen molar-refractivity contribution in [3.63, 3.8) is 0 Å². The average Bonchev–Trinajstić information content (AvgIpc) is 2.70. The van der Waals surface area contributed by atoms with E-state index in [1.807, 2.05) is 0 Å². The van der Waals surface area contributed by atoms with Crippen molar-refractivity contribution in [2.75, 3.05) is 4.72 Å². The molecule has 106 valence electrons. The van der Waals surface area contributed by atoms with E-state index in [1.165, 1.54) is 18.3 Å². The summed E-state index contributed by atoms with van der Waals surface area (Å²) in [5, 5.41) is 6.64. The molecule has 9 heteroatoms. The van der Waals surface area contributed by atoms with Crippen molar-refractivity contribution in [2.24, 2.45) is 5.73 Å². The Kier molecular flexibility index (Phi) is 3.73. The van der Waals surface area contributed by atoms with Crippen LogP contribution in [0.1, 0.15) is 17.1 Å². The summed E-state index contributed by atoms with van der Waals surface area (Å²) in [4.78, 5) is 3.77. The van der Waals surface area contributed by atoms with E-state index in [2.05, 4.69) is 19.9 Å². The number of hydrogen-bond acceptors (Lipinski definition) is 5. The molecule has 0 amide bonds. The lowest BCUT2D eigenvalue weighted by molar-refractivity contribution is 0.600. The predicted octanol–water partition coefficient (Wildman–Crippen LogP) is 0.857. The fourth-order valence-electron chi connectivity index (χ4n) is 1.68. The highest BCUT2D eigenvalue weighted by molar-refractivity contribution is 7.93. The van der Waals surface area contributed by atoms with Crippen LogP contribution in [-0.4, -0.2) is 28.6 Å². The lowest BCUT2D eigenvalue weighted by atomic mass is 10.3. The third-order valence-electron chi connectivity index (χ3n) is 2.66. The van der Waals surface area contributed by atoms with E-state index in [1.54, 1.807) is 13.8 Å². The molecule has 0 radical (unpaired) electrons. The maximum Gasteiger partial charge on any atom is 0.264 e. The third-order valence-corrected chi connectivity index (χ3v) is 4.23. The van der Waals surface area contributed by atoms with Gasteiger partial charge in [-0.05, 0) is 26.0 Å². The minimum absolute atomic E-state index is 0.0625. The van der Waals surface area contributed by atoms with Crippen LogP contribution >= 0.6 is 12.2 Å². The van der Waals surface area contributed by atoms with Crippen molar-refractivity contribution in [3.8, 4) is 0 Å². The topological polar surface area (TPSA) is 114 Å². The van der Waals surface area contributed by atoms with E-state index in [4.69, 9.17) is 18.0 Å². The molecule has 0 aliphatic heterocycles. The minimum Gasteiger partial charge on any atom is -0.388 e. The summed E-state index contributed by atoms with van der Waals surface area (Å²) in [6.45, 7) is 3.41. The smallest absolute Gasteiger partial charge is 0.264 e. The molecule has 0 unspecified atom stereocenters. The molecule has 0 aromatic carbocycles. The van der Waals surface area contributed by atoms with Crippen LogP contribution in [0.3, 0.4) is 0 Å². The normalized spacial score (nSPS) is 11.3. The van der Waals surface area contributed by atoms with Crippen LogP contribution in [0.25, 0.3) is 0 Å². The zero-order chi connectivity index (χ0) is 14.9. The molecule has 2 heterocycles. The van der Waals surface area contributed by atoms with Gasteiger partial charge < -0.3 is 5.73 Å². The number of anilines is 1. The molecule has 0 aliphatic carbocycles. The van der Waals surface area contributed by atoms with E-state index in [0.717, 1.165) is 0 Å². The number of rotatable bonds is 4. The van der Waals surface area contributed by atoms with Gasteiger partial charge >= 0.3 is 0 Å². The maximum atomic E-state index is 12.4. The monoisotopic (exact) mass is 311 g/mol. The average molecular weight is 311 g/mol. The largest absolute Gasteiger partial charge is 0.388 e. The van der Waals surface area contributed by atoms with Gasteiger partial charge in [-0.15, -0.1) is 0 Å². The second-order valence-corrected chi connectivity index (χ2v) is 6.22. The first-order valence-electron chi connectivity index (χ1n) is 5.62. The molecule has 7 nitrogen and oxygen atoms in total. The first-order chi connectivity index (χ1) is 9.33. The first kappa shape index (κ1) is 14.4. The fourth-order valence-corrected chi connectivity index (χ4v) is 3.26. The Bertz CT molecular complexity index is 747. The van der Waals surface area contributed by atoms with Gasteiger partial charge in [0.1, 0.15) is 15.6 Å². The SMILES string of the molecule is Cc1n[nH]c(C)c1NS(=O)(=O)c1cccnc1C(N)=S. The van der Waals surface area contributed by atoms with Gasteiger partial charge in [-0.1, -0.05) is 12.2 Å². The summed E-state index contributed by atoms with van der Waals surface area (Å²) in [6.07, 6.45) is 1.43. The van der Waals surface area contributed by atoms with E-state index in [0.29, 0.717) is 17.1 Å². The number of aryl methyl sites for hydroxylation is 2. The standard InChI is InChI=1S/C11H13N5O2S2/c1-6-9(7(2)15-14-6)16-20(17,18)8-4-3-5-13-10(8)11(12)19/h3-5,16H,1-2H3,(H2,12,19)(H,14,15). The lowest BCUT2D eigenvalue weighted by Gasteiger charge is -2.10. The third kappa shape index (κ3) is 2.63. The number of nitrogens with one attached hydrogen (secondary N) is 2. The van der Waals surface area contributed by atoms with Crippen molar-refractivity contribution in [2.45, 2.75) is 18.7 Å². The summed E-state index contributed by atoms with van der Waals surface area (Å²) in [5.41, 5.74) is 7.14. The van der Waals surface area contributed by atoms with Crippen molar-refractivity contribution in [3.05, 3.63) is 35.4 Å². The number of sulfonamides is 1. The highest BCUT2D eigenvalue weighted by atomic mass is 32.2. The predicted molar refractivity (Wildman–Crippen MR) is 79.0 cm³/mol. The Morgan fingerprint density at radius 1 is 1.45 bits per heavy atom. The van der Waals surface area contributed by atoms with E-state index in [-0.39, 0.29) is 15.6 Å². The number of hydrogen-bond donors (Lipinski definition) is 3. The van der Waals surface area contributed by atoms with Crippen LogP contribution in [0.2, 0.25) is 0 Å². The van der Waals surface area contributed by atoms with Gasteiger partial charge in [0.25, 0.3) is 10.0 Å². The molecule has 0 aliphatic rings. The Morgan fingerprint density at radius 3 is 2.70 bits per heavy atom. The number of thiocarbonyl (C=S) groups is 1. The molecule has 0 spiro atoms. The molecular formula is C11H13N5O2S2. The molecule has 2 aromatic heterocycles. The van der Waals surface area contributed by atoms with Crippen molar-refractivity contribution in [1.29, 1.82) is 0 Å². The van der Waals surface area contributed by atoms with Crippen LogP contribution in [-0.2, 0) is 10.0 Å². The molecule has 4 N–H and O–H groups in total. The van der Waals surface area contributed by atoms with Crippen LogP contribution in [0.15, 0.2) is 23.2 Å². The van der Waals surface area contributed by atoms with Gasteiger partial charge in [0.15, 0.2) is 0 Å². The summed E-state index contributed by atoms with van der Waals surface area (Å²) < 4.78 is 27.3. The number of pyridine rings is 1. The molecule has 2 rings (SSSR count). The van der Waals surface area contributed by atoms with Crippen LogP contribution in [0.4, 0.5) is 5.69 Å². The number of aromatic nitrogens is 3. The summed E-state index contributed by atoms with van der Waals surface area (Å²) in [7, 11) is -3.84. The number of nitrogens with two attached hydrogens (primary N) is 1. The van der Waals surface area contributed by atoms with Crippen LogP contribution < -0.4 is 10.5 Å². The molecule has 0 fully saturated rings. The second-order valence-electron chi connectivity index (χ2n) is 4.13. The van der Waals surface area contributed by atoms with Crippen molar-refractivity contribution in [1.82, 2.24) is 15.2 Å². The molecule has 2 aromatic rings. The summed E-state index contributed by atoms with van der Waals surface area (Å²) in [6, 6.07) is 2.90. The summed E-state index contributed by atoms with van der Waals surface area (Å²) >= 11 is 4.82.